The lowest BCUT2D eigenvalue weighted by Crippen LogP contribution is -2.15. The number of hydrogen-bond acceptors (Lipinski definition) is 3. The second-order valence-corrected chi connectivity index (χ2v) is 5.38. The van der Waals surface area contributed by atoms with Crippen molar-refractivity contribution < 1.29 is 14.2 Å². The molecule has 0 bridgehead atoms. The third kappa shape index (κ3) is 3.13. The van der Waals surface area contributed by atoms with Gasteiger partial charge in [0, 0.05) is 5.56 Å². The first-order valence-corrected chi connectivity index (χ1v) is 5.93. The summed E-state index contributed by atoms with van der Waals surface area (Å²) in [5.41, 5.74) is 1.20. The molecule has 1 saturated heterocycles. The Labute approximate surface area is 103 Å². The SMILES string of the molecule is COc1ccc(OC[C@H]2CO2)c(C(C)(C)C)c1. The molecule has 0 aromatic heterocycles. The van der Waals surface area contributed by atoms with Crippen LogP contribution in [-0.4, -0.2) is 26.4 Å². The molecule has 0 spiro atoms. The van der Waals surface area contributed by atoms with Gasteiger partial charge in [-0.05, 0) is 23.6 Å². The van der Waals surface area contributed by atoms with Crippen LogP contribution in [0.1, 0.15) is 26.3 Å². The van der Waals surface area contributed by atoms with E-state index in [2.05, 4.69) is 20.8 Å². The molecule has 1 fully saturated rings. The highest BCUT2D eigenvalue weighted by Gasteiger charge is 2.25. The van der Waals surface area contributed by atoms with E-state index in [-0.39, 0.29) is 11.5 Å². The van der Waals surface area contributed by atoms with Gasteiger partial charge in [-0.2, -0.15) is 0 Å². The second kappa shape index (κ2) is 4.57. The Hall–Kier alpha value is -1.22. The smallest absolute Gasteiger partial charge is 0.123 e. The minimum Gasteiger partial charge on any atom is -0.497 e. The van der Waals surface area contributed by atoms with E-state index in [9.17, 15) is 0 Å². The monoisotopic (exact) mass is 236 g/mol. The zero-order valence-electron chi connectivity index (χ0n) is 10.9. The highest BCUT2D eigenvalue weighted by molar-refractivity contribution is 5.44. The molecule has 3 nitrogen and oxygen atoms in total. The average Bonchev–Trinajstić information content (AvgIpc) is 3.08. The molecule has 0 aliphatic carbocycles. The summed E-state index contributed by atoms with van der Waals surface area (Å²) in [6, 6.07) is 5.95. The number of benzene rings is 1. The standard InChI is InChI=1S/C14H20O3/c1-14(2,3)12-7-10(15-4)5-6-13(12)17-9-11-8-16-11/h5-7,11H,8-9H2,1-4H3/t11-/m1/s1. The Morgan fingerprint density at radius 3 is 2.59 bits per heavy atom. The Bertz CT molecular complexity index is 389. The minimum atomic E-state index is 0.0360. The van der Waals surface area contributed by atoms with E-state index in [0.717, 1.165) is 23.7 Å². The second-order valence-electron chi connectivity index (χ2n) is 5.38. The number of epoxide rings is 1. The largest absolute Gasteiger partial charge is 0.497 e. The van der Waals surface area contributed by atoms with Gasteiger partial charge in [-0.25, -0.2) is 0 Å². The Morgan fingerprint density at radius 2 is 2.06 bits per heavy atom. The van der Waals surface area contributed by atoms with Gasteiger partial charge in [-0.1, -0.05) is 20.8 Å². The van der Waals surface area contributed by atoms with Gasteiger partial charge < -0.3 is 14.2 Å². The van der Waals surface area contributed by atoms with Gasteiger partial charge in [0.2, 0.25) is 0 Å². The van der Waals surface area contributed by atoms with Crippen LogP contribution in [0.5, 0.6) is 11.5 Å². The average molecular weight is 236 g/mol. The van der Waals surface area contributed by atoms with Gasteiger partial charge in [0.25, 0.3) is 0 Å². The maximum absolute atomic E-state index is 5.81. The molecule has 3 heteroatoms. The molecule has 17 heavy (non-hydrogen) atoms. The van der Waals surface area contributed by atoms with Crippen LogP contribution in [0.15, 0.2) is 18.2 Å². The lowest BCUT2D eigenvalue weighted by molar-refractivity contribution is 0.257. The molecule has 1 atom stereocenters. The van der Waals surface area contributed by atoms with Crippen molar-refractivity contribution in [2.45, 2.75) is 32.3 Å². The summed E-state index contributed by atoms with van der Waals surface area (Å²) in [6.45, 7) is 7.96. The van der Waals surface area contributed by atoms with Gasteiger partial charge in [0.05, 0.1) is 13.7 Å². The molecule has 0 amide bonds. The summed E-state index contributed by atoms with van der Waals surface area (Å²) in [6.07, 6.45) is 0.282. The summed E-state index contributed by atoms with van der Waals surface area (Å²) in [4.78, 5) is 0. The number of methoxy groups -OCH3 is 1. The molecule has 0 unspecified atom stereocenters. The molecule has 0 radical (unpaired) electrons. The minimum absolute atomic E-state index is 0.0360. The summed E-state index contributed by atoms with van der Waals surface area (Å²) < 4.78 is 16.2. The zero-order chi connectivity index (χ0) is 12.5. The van der Waals surface area contributed by atoms with Crippen molar-refractivity contribution in [3.8, 4) is 11.5 Å². The van der Waals surface area contributed by atoms with E-state index in [0.29, 0.717) is 6.61 Å². The summed E-state index contributed by atoms with van der Waals surface area (Å²) >= 11 is 0. The van der Waals surface area contributed by atoms with Gasteiger partial charge >= 0.3 is 0 Å². The maximum Gasteiger partial charge on any atom is 0.123 e. The molecular weight excluding hydrogens is 216 g/mol. The van der Waals surface area contributed by atoms with Crippen molar-refractivity contribution in [3.63, 3.8) is 0 Å². The molecule has 1 aliphatic heterocycles. The van der Waals surface area contributed by atoms with E-state index in [1.54, 1.807) is 7.11 Å². The Kier molecular flexibility index (Phi) is 3.29. The molecule has 94 valence electrons. The molecule has 0 saturated carbocycles. The van der Waals surface area contributed by atoms with Crippen molar-refractivity contribution in [2.24, 2.45) is 0 Å². The van der Waals surface area contributed by atoms with Crippen molar-refractivity contribution in [1.29, 1.82) is 0 Å². The Balaban J connectivity index is 2.22. The van der Waals surface area contributed by atoms with E-state index in [1.165, 1.54) is 0 Å². The van der Waals surface area contributed by atoms with Crippen molar-refractivity contribution in [2.75, 3.05) is 20.3 Å². The van der Waals surface area contributed by atoms with Crippen molar-refractivity contribution >= 4 is 0 Å². The normalized spacial score (nSPS) is 18.9. The fraction of sp³-hybridized carbons (Fsp3) is 0.571. The van der Waals surface area contributed by atoms with Gasteiger partial charge in [0.15, 0.2) is 0 Å². The number of ether oxygens (including phenoxy) is 3. The van der Waals surface area contributed by atoms with Crippen LogP contribution in [0.3, 0.4) is 0 Å². The highest BCUT2D eigenvalue weighted by atomic mass is 16.6. The number of rotatable bonds is 4. The number of hydrogen-bond donors (Lipinski definition) is 0. The molecule has 1 aliphatic rings. The van der Waals surface area contributed by atoms with Crippen molar-refractivity contribution in [1.82, 2.24) is 0 Å². The summed E-state index contributed by atoms with van der Waals surface area (Å²) in [5, 5.41) is 0. The fourth-order valence-corrected chi connectivity index (χ4v) is 1.70. The fourth-order valence-electron chi connectivity index (χ4n) is 1.70. The first-order chi connectivity index (χ1) is 8.00. The van der Waals surface area contributed by atoms with Crippen LogP contribution in [0, 0.1) is 0 Å². The van der Waals surface area contributed by atoms with Crippen LogP contribution in [0.4, 0.5) is 0 Å². The van der Waals surface area contributed by atoms with Crippen LogP contribution in [-0.2, 0) is 10.2 Å². The zero-order valence-corrected chi connectivity index (χ0v) is 10.9. The van der Waals surface area contributed by atoms with Gasteiger partial charge in [-0.15, -0.1) is 0 Å². The first kappa shape index (κ1) is 12.2. The maximum atomic E-state index is 5.81. The summed E-state index contributed by atoms with van der Waals surface area (Å²) in [7, 11) is 1.68. The molecular formula is C14H20O3. The molecule has 1 aromatic carbocycles. The molecule has 1 heterocycles. The topological polar surface area (TPSA) is 31.0 Å². The molecule has 1 aromatic rings. The molecule has 2 rings (SSSR count). The van der Waals surface area contributed by atoms with E-state index in [1.807, 2.05) is 18.2 Å². The predicted octanol–water partition coefficient (Wildman–Crippen LogP) is 2.77. The van der Waals surface area contributed by atoms with Crippen LogP contribution >= 0.6 is 0 Å². The van der Waals surface area contributed by atoms with Crippen molar-refractivity contribution in [3.05, 3.63) is 23.8 Å². The first-order valence-electron chi connectivity index (χ1n) is 5.93. The quantitative estimate of drug-likeness (QED) is 0.753. The lowest BCUT2D eigenvalue weighted by Gasteiger charge is -2.23. The Morgan fingerprint density at radius 1 is 1.35 bits per heavy atom. The van der Waals surface area contributed by atoms with Crippen LogP contribution in [0.25, 0.3) is 0 Å². The summed E-state index contributed by atoms with van der Waals surface area (Å²) in [5.74, 6) is 1.79. The van der Waals surface area contributed by atoms with E-state index in [4.69, 9.17) is 14.2 Å². The third-order valence-electron chi connectivity index (χ3n) is 2.82. The van der Waals surface area contributed by atoms with E-state index < -0.39 is 0 Å². The third-order valence-corrected chi connectivity index (χ3v) is 2.82. The van der Waals surface area contributed by atoms with Gasteiger partial charge in [-0.3, -0.25) is 0 Å². The predicted molar refractivity (Wildman–Crippen MR) is 66.9 cm³/mol. The lowest BCUT2D eigenvalue weighted by atomic mass is 9.86. The molecule has 0 N–H and O–H groups in total. The van der Waals surface area contributed by atoms with Crippen LogP contribution < -0.4 is 9.47 Å². The van der Waals surface area contributed by atoms with E-state index >= 15 is 0 Å². The van der Waals surface area contributed by atoms with Crippen LogP contribution in [0.2, 0.25) is 0 Å². The van der Waals surface area contributed by atoms with Gasteiger partial charge in [0.1, 0.15) is 24.2 Å². The highest BCUT2D eigenvalue weighted by Crippen LogP contribution is 2.34.